The predicted octanol–water partition coefficient (Wildman–Crippen LogP) is 0.702. The first-order chi connectivity index (χ1) is 9.60. The van der Waals surface area contributed by atoms with E-state index in [4.69, 9.17) is 10.9 Å². The molecule has 2 rings (SSSR count). The molecule has 1 aliphatic rings. The highest BCUT2D eigenvalue weighted by atomic mass is 16.4. The van der Waals surface area contributed by atoms with Crippen LogP contribution in [0.15, 0.2) is 23.5 Å². The zero-order valence-corrected chi connectivity index (χ0v) is 12.2. The third kappa shape index (κ3) is 3.68. The lowest BCUT2D eigenvalue weighted by Gasteiger charge is -2.25. The fraction of sp³-hybridized carbons (Fsp3) is 0.571. The average Bonchev–Trinajstić information content (AvgIpc) is 2.83. The van der Waals surface area contributed by atoms with Gasteiger partial charge in [-0.25, -0.2) is 0 Å². The van der Waals surface area contributed by atoms with Gasteiger partial charge in [0.25, 0.3) is 0 Å². The van der Waals surface area contributed by atoms with Crippen molar-refractivity contribution in [2.75, 3.05) is 27.2 Å². The largest absolute Gasteiger partial charge is 0.409 e. The van der Waals surface area contributed by atoms with Gasteiger partial charge in [-0.3, -0.25) is 4.98 Å². The summed E-state index contributed by atoms with van der Waals surface area (Å²) in [5.74, 6) is 0.0463. The molecule has 1 aromatic heterocycles. The Kier molecular flexibility index (Phi) is 4.92. The van der Waals surface area contributed by atoms with Gasteiger partial charge in [-0.1, -0.05) is 5.16 Å². The van der Waals surface area contributed by atoms with Gasteiger partial charge < -0.3 is 20.7 Å². The van der Waals surface area contributed by atoms with E-state index in [1.54, 1.807) is 6.20 Å². The molecule has 0 bridgehead atoms. The van der Waals surface area contributed by atoms with Crippen molar-refractivity contribution < 1.29 is 5.21 Å². The van der Waals surface area contributed by atoms with Crippen molar-refractivity contribution in [3.8, 4) is 0 Å². The summed E-state index contributed by atoms with van der Waals surface area (Å²) >= 11 is 0. The summed E-state index contributed by atoms with van der Waals surface area (Å²) in [4.78, 5) is 8.82. The zero-order chi connectivity index (χ0) is 14.5. The summed E-state index contributed by atoms with van der Waals surface area (Å²) in [5.41, 5.74) is 7.19. The van der Waals surface area contributed by atoms with Gasteiger partial charge in [-0.05, 0) is 51.2 Å². The van der Waals surface area contributed by atoms with Gasteiger partial charge in [0, 0.05) is 25.3 Å². The van der Waals surface area contributed by atoms with Crippen LogP contribution in [0.4, 0.5) is 0 Å². The normalized spacial score (nSPS) is 20.8. The highest BCUT2D eigenvalue weighted by Gasteiger charge is 2.21. The number of nitrogens with two attached hydrogens (primary N) is 1. The number of aromatic nitrogens is 1. The summed E-state index contributed by atoms with van der Waals surface area (Å²) in [6, 6.07) is 4.47. The molecule has 2 heterocycles. The Labute approximate surface area is 119 Å². The monoisotopic (exact) mass is 277 g/mol. The van der Waals surface area contributed by atoms with Crippen LogP contribution in [-0.2, 0) is 6.54 Å². The number of oxime groups is 1. The van der Waals surface area contributed by atoms with Crippen LogP contribution in [0, 0.1) is 0 Å². The molecule has 1 unspecified atom stereocenters. The highest BCUT2D eigenvalue weighted by molar-refractivity contribution is 5.95. The van der Waals surface area contributed by atoms with E-state index in [1.165, 1.54) is 19.4 Å². The lowest BCUT2D eigenvalue weighted by Crippen LogP contribution is -2.36. The second-order valence-corrected chi connectivity index (χ2v) is 5.51. The van der Waals surface area contributed by atoms with Crippen LogP contribution in [0.2, 0.25) is 0 Å². The Morgan fingerprint density at radius 3 is 3.10 bits per heavy atom. The van der Waals surface area contributed by atoms with Gasteiger partial charge in [-0.2, -0.15) is 0 Å². The lowest BCUT2D eigenvalue weighted by atomic mass is 10.1. The lowest BCUT2D eigenvalue weighted by molar-refractivity contribution is 0.215. The van der Waals surface area contributed by atoms with E-state index in [2.05, 4.69) is 34.0 Å². The Balaban J connectivity index is 1.95. The molecular weight excluding hydrogens is 254 g/mol. The number of rotatable bonds is 5. The molecule has 0 aliphatic carbocycles. The fourth-order valence-electron chi connectivity index (χ4n) is 2.71. The Bertz CT molecular complexity index is 476. The molecule has 1 saturated heterocycles. The quantitative estimate of drug-likeness (QED) is 0.358. The molecule has 0 saturated carbocycles. The van der Waals surface area contributed by atoms with Crippen LogP contribution in [0.1, 0.15) is 24.1 Å². The third-order valence-corrected chi connectivity index (χ3v) is 3.84. The topological polar surface area (TPSA) is 78.0 Å². The number of likely N-dealkylation sites (N-methyl/N-ethyl adjacent to an activating group) is 2. The van der Waals surface area contributed by atoms with E-state index < -0.39 is 0 Å². The Morgan fingerprint density at radius 2 is 2.45 bits per heavy atom. The van der Waals surface area contributed by atoms with E-state index in [0.717, 1.165) is 18.7 Å². The van der Waals surface area contributed by atoms with E-state index in [-0.39, 0.29) is 5.84 Å². The Morgan fingerprint density at radius 1 is 1.65 bits per heavy atom. The zero-order valence-electron chi connectivity index (χ0n) is 12.2. The van der Waals surface area contributed by atoms with Crippen molar-refractivity contribution in [3.05, 3.63) is 29.6 Å². The van der Waals surface area contributed by atoms with Gasteiger partial charge >= 0.3 is 0 Å². The van der Waals surface area contributed by atoms with Crippen molar-refractivity contribution in [1.29, 1.82) is 0 Å². The van der Waals surface area contributed by atoms with Gasteiger partial charge in [0.15, 0.2) is 5.84 Å². The minimum atomic E-state index is 0.0463. The second kappa shape index (κ2) is 6.67. The molecule has 0 amide bonds. The van der Waals surface area contributed by atoms with Gasteiger partial charge in [0.05, 0.1) is 0 Å². The van der Waals surface area contributed by atoms with Crippen LogP contribution in [0.3, 0.4) is 0 Å². The summed E-state index contributed by atoms with van der Waals surface area (Å²) in [5, 5.41) is 11.7. The van der Waals surface area contributed by atoms with E-state index in [9.17, 15) is 0 Å². The van der Waals surface area contributed by atoms with Gasteiger partial charge in [0.1, 0.15) is 5.69 Å². The van der Waals surface area contributed by atoms with Crippen LogP contribution in [0.25, 0.3) is 0 Å². The molecule has 0 spiro atoms. The maximum absolute atomic E-state index is 8.69. The van der Waals surface area contributed by atoms with E-state index in [1.807, 2.05) is 12.1 Å². The molecule has 0 aromatic carbocycles. The number of hydrogen-bond donors (Lipinski definition) is 2. The van der Waals surface area contributed by atoms with Crippen LogP contribution in [0.5, 0.6) is 0 Å². The maximum Gasteiger partial charge on any atom is 0.188 e. The van der Waals surface area contributed by atoms with Crippen molar-refractivity contribution in [1.82, 2.24) is 14.8 Å². The Hall–Kier alpha value is -1.66. The third-order valence-electron chi connectivity index (χ3n) is 3.84. The number of pyridine rings is 1. The number of hydrogen-bond acceptors (Lipinski definition) is 5. The van der Waals surface area contributed by atoms with Crippen molar-refractivity contribution >= 4 is 5.84 Å². The summed E-state index contributed by atoms with van der Waals surface area (Å²) in [6.07, 6.45) is 4.25. The van der Waals surface area contributed by atoms with Crippen LogP contribution < -0.4 is 5.73 Å². The molecule has 6 nitrogen and oxygen atoms in total. The number of nitrogens with zero attached hydrogens (tertiary/aromatic N) is 4. The van der Waals surface area contributed by atoms with Crippen molar-refractivity contribution in [2.45, 2.75) is 25.4 Å². The molecule has 0 radical (unpaired) electrons. The molecule has 1 aromatic rings. The second-order valence-electron chi connectivity index (χ2n) is 5.51. The summed E-state index contributed by atoms with van der Waals surface area (Å²) in [7, 11) is 4.31. The number of amidine groups is 1. The van der Waals surface area contributed by atoms with Crippen LogP contribution in [-0.4, -0.2) is 59.1 Å². The van der Waals surface area contributed by atoms with E-state index >= 15 is 0 Å². The first-order valence-corrected chi connectivity index (χ1v) is 6.91. The van der Waals surface area contributed by atoms with E-state index in [0.29, 0.717) is 11.7 Å². The molecule has 1 fully saturated rings. The molecule has 110 valence electrons. The van der Waals surface area contributed by atoms with Crippen molar-refractivity contribution in [2.24, 2.45) is 10.9 Å². The first kappa shape index (κ1) is 14.7. The molecule has 1 atom stereocenters. The molecule has 1 aliphatic heterocycles. The maximum atomic E-state index is 8.69. The van der Waals surface area contributed by atoms with Crippen LogP contribution >= 0.6 is 0 Å². The minimum absolute atomic E-state index is 0.0463. The summed E-state index contributed by atoms with van der Waals surface area (Å²) in [6.45, 7) is 3.08. The smallest absolute Gasteiger partial charge is 0.188 e. The molecule has 20 heavy (non-hydrogen) atoms. The van der Waals surface area contributed by atoms with Gasteiger partial charge in [0.2, 0.25) is 0 Å². The first-order valence-electron chi connectivity index (χ1n) is 6.91. The van der Waals surface area contributed by atoms with Gasteiger partial charge in [-0.15, -0.1) is 0 Å². The molecular formula is C14H23N5O. The molecule has 6 heteroatoms. The highest BCUT2D eigenvalue weighted by Crippen LogP contribution is 2.16. The standard InChI is InChI=1S/C14H23N5O/c1-18(10-12-4-3-7-19(12)2)9-11-5-6-16-13(8-11)14(15)17-20/h5-6,8,12,20H,3-4,7,9-10H2,1-2H3,(H2,15,17). The van der Waals surface area contributed by atoms with Crippen molar-refractivity contribution in [3.63, 3.8) is 0 Å². The average molecular weight is 277 g/mol. The SMILES string of the molecule is CN(Cc1ccnc(C(N)=NO)c1)CC1CCCN1C. The number of likely N-dealkylation sites (tertiary alicyclic amines) is 1. The molecule has 3 N–H and O–H groups in total. The predicted molar refractivity (Wildman–Crippen MR) is 78.7 cm³/mol. The minimum Gasteiger partial charge on any atom is -0.409 e. The summed E-state index contributed by atoms with van der Waals surface area (Å²) < 4.78 is 0. The fourth-order valence-corrected chi connectivity index (χ4v) is 2.71.